The Morgan fingerprint density at radius 3 is 2.36 bits per heavy atom. The molecule has 0 saturated carbocycles. The van der Waals surface area contributed by atoms with Gasteiger partial charge in [0.15, 0.2) is 5.43 Å². The number of fused-ring (bicyclic) bond motifs is 2. The highest BCUT2D eigenvalue weighted by Crippen LogP contribution is 2.43. The standard InChI is InChI=1S/C26H17F3N2O5/c1-13-9-19-20(10-14(13)2)36-24-21(23(19)32)22(15-5-3-8-18(11-15)31(34)35)30(25(24)33)17-7-4-6-16(12-17)26(27,28)29/h3-12,22H,1-2H3/t22-/m0/s1. The first kappa shape index (κ1) is 23.3. The summed E-state index contributed by atoms with van der Waals surface area (Å²) in [5.74, 6) is -1.14. The summed E-state index contributed by atoms with van der Waals surface area (Å²) in [6.45, 7) is 3.62. The molecular weight excluding hydrogens is 477 g/mol. The Kier molecular flexibility index (Phi) is 5.20. The summed E-state index contributed by atoms with van der Waals surface area (Å²) in [6, 6.07) is 11.4. The van der Waals surface area contributed by atoms with Gasteiger partial charge in [0.05, 0.1) is 27.5 Å². The van der Waals surface area contributed by atoms with Gasteiger partial charge >= 0.3 is 6.18 Å². The number of hydrogen-bond acceptors (Lipinski definition) is 5. The molecule has 0 radical (unpaired) electrons. The second-order valence-corrected chi connectivity index (χ2v) is 8.58. The minimum absolute atomic E-state index is 0.0892. The van der Waals surface area contributed by atoms with E-state index in [1.54, 1.807) is 19.1 Å². The molecule has 4 aromatic rings. The lowest BCUT2D eigenvalue weighted by Crippen LogP contribution is -2.29. The van der Waals surface area contributed by atoms with Crippen molar-refractivity contribution in [3.63, 3.8) is 0 Å². The molecule has 7 nitrogen and oxygen atoms in total. The Morgan fingerprint density at radius 1 is 0.972 bits per heavy atom. The first-order valence-corrected chi connectivity index (χ1v) is 10.8. The van der Waals surface area contributed by atoms with Gasteiger partial charge in [0, 0.05) is 17.8 Å². The highest BCUT2D eigenvalue weighted by atomic mass is 19.4. The number of nitrogens with zero attached hydrogens (tertiary/aromatic N) is 2. The molecule has 2 heterocycles. The van der Waals surface area contributed by atoms with Gasteiger partial charge in [-0.1, -0.05) is 18.2 Å². The molecule has 0 spiro atoms. The van der Waals surface area contributed by atoms with Crippen LogP contribution in [0.2, 0.25) is 0 Å². The molecule has 10 heteroatoms. The number of anilines is 1. The van der Waals surface area contributed by atoms with Crippen LogP contribution in [-0.4, -0.2) is 10.8 Å². The minimum Gasteiger partial charge on any atom is -0.450 e. The molecule has 0 saturated heterocycles. The summed E-state index contributed by atoms with van der Waals surface area (Å²) in [6.07, 6.45) is -4.68. The van der Waals surface area contributed by atoms with Gasteiger partial charge in [0.1, 0.15) is 5.58 Å². The number of carbonyl (C=O) groups is 1. The van der Waals surface area contributed by atoms with E-state index in [1.165, 1.54) is 30.3 Å². The maximum absolute atomic E-state index is 13.7. The number of carbonyl (C=O) groups excluding carboxylic acids is 1. The van der Waals surface area contributed by atoms with E-state index in [9.17, 15) is 32.9 Å². The molecule has 0 bridgehead atoms. The van der Waals surface area contributed by atoms with Crippen molar-refractivity contribution in [3.05, 3.63) is 115 Å². The molecule has 1 aliphatic heterocycles. The first-order valence-electron chi connectivity index (χ1n) is 10.8. The third-order valence-electron chi connectivity index (χ3n) is 6.33. The number of alkyl halides is 3. The Hall–Kier alpha value is -4.47. The molecule has 36 heavy (non-hydrogen) atoms. The smallest absolute Gasteiger partial charge is 0.416 e. The molecule has 1 amide bonds. The minimum atomic E-state index is -4.68. The predicted molar refractivity (Wildman–Crippen MR) is 125 cm³/mol. The number of hydrogen-bond donors (Lipinski definition) is 0. The number of non-ortho nitro benzene ring substituents is 1. The van der Waals surface area contributed by atoms with Crippen molar-refractivity contribution in [1.82, 2.24) is 0 Å². The fraction of sp³-hybridized carbons (Fsp3) is 0.154. The van der Waals surface area contributed by atoms with Crippen LogP contribution in [-0.2, 0) is 6.18 Å². The van der Waals surface area contributed by atoms with Crippen molar-refractivity contribution in [2.45, 2.75) is 26.1 Å². The van der Waals surface area contributed by atoms with Crippen molar-refractivity contribution >= 4 is 28.3 Å². The van der Waals surface area contributed by atoms with Gasteiger partial charge in [-0.05, 0) is 60.9 Å². The van der Waals surface area contributed by atoms with Crippen LogP contribution in [0.3, 0.4) is 0 Å². The molecule has 182 valence electrons. The van der Waals surface area contributed by atoms with Gasteiger partial charge < -0.3 is 4.42 Å². The summed E-state index contributed by atoms with van der Waals surface area (Å²) >= 11 is 0. The summed E-state index contributed by atoms with van der Waals surface area (Å²) < 4.78 is 46.2. The number of amides is 1. The van der Waals surface area contributed by atoms with E-state index in [-0.39, 0.29) is 39.2 Å². The van der Waals surface area contributed by atoms with Crippen LogP contribution in [0.25, 0.3) is 11.0 Å². The van der Waals surface area contributed by atoms with E-state index in [1.807, 2.05) is 6.92 Å². The summed E-state index contributed by atoms with van der Waals surface area (Å²) in [5, 5.41) is 11.6. The molecule has 0 N–H and O–H groups in total. The second-order valence-electron chi connectivity index (χ2n) is 8.58. The first-order chi connectivity index (χ1) is 17.0. The lowest BCUT2D eigenvalue weighted by molar-refractivity contribution is -0.384. The third-order valence-corrected chi connectivity index (χ3v) is 6.33. The maximum Gasteiger partial charge on any atom is 0.416 e. The van der Waals surface area contributed by atoms with Gasteiger partial charge in [0.2, 0.25) is 5.76 Å². The molecule has 0 fully saturated rings. The zero-order valence-corrected chi connectivity index (χ0v) is 18.9. The number of halogens is 3. The van der Waals surface area contributed by atoms with Gasteiger partial charge in [0.25, 0.3) is 11.6 Å². The Morgan fingerprint density at radius 2 is 1.67 bits per heavy atom. The molecule has 1 aliphatic rings. The SMILES string of the molecule is Cc1cc2oc3c(c(=O)c2cc1C)[C@H](c1cccc([N+](=O)[O-])c1)N(c1cccc(C(F)(F)F)c1)C3=O. The second kappa shape index (κ2) is 8.04. The lowest BCUT2D eigenvalue weighted by atomic mass is 9.97. The number of nitro benzene ring substituents is 1. The largest absolute Gasteiger partial charge is 0.450 e. The zero-order chi connectivity index (χ0) is 25.9. The van der Waals surface area contributed by atoms with E-state index < -0.39 is 34.0 Å². The fourth-order valence-corrected chi connectivity index (χ4v) is 4.45. The average molecular weight is 494 g/mol. The summed E-state index contributed by atoms with van der Waals surface area (Å²) in [5.41, 5.74) is -0.0630. The molecule has 1 atom stereocenters. The quantitative estimate of drug-likeness (QED) is 0.254. The van der Waals surface area contributed by atoms with Crippen LogP contribution in [0.5, 0.6) is 0 Å². The summed E-state index contributed by atoms with van der Waals surface area (Å²) in [4.78, 5) is 39.1. The van der Waals surface area contributed by atoms with E-state index >= 15 is 0 Å². The number of aryl methyl sites for hydroxylation is 2. The highest BCUT2D eigenvalue weighted by molar-refractivity contribution is 6.10. The Balaban J connectivity index is 1.82. The van der Waals surface area contributed by atoms with E-state index in [4.69, 9.17) is 4.42 Å². The van der Waals surface area contributed by atoms with Crippen molar-refractivity contribution in [2.24, 2.45) is 0 Å². The van der Waals surface area contributed by atoms with Gasteiger partial charge in [-0.15, -0.1) is 0 Å². The van der Waals surface area contributed by atoms with E-state index in [2.05, 4.69) is 0 Å². The van der Waals surface area contributed by atoms with Crippen LogP contribution in [0.15, 0.2) is 69.9 Å². The van der Waals surface area contributed by atoms with E-state index in [0.29, 0.717) is 0 Å². The van der Waals surface area contributed by atoms with Crippen LogP contribution < -0.4 is 10.3 Å². The summed E-state index contributed by atoms with van der Waals surface area (Å²) in [7, 11) is 0. The molecule has 1 aromatic heterocycles. The van der Waals surface area contributed by atoms with Crippen molar-refractivity contribution in [1.29, 1.82) is 0 Å². The molecule has 5 rings (SSSR count). The third kappa shape index (κ3) is 3.62. The Labute approximate surface area is 201 Å². The normalized spacial score (nSPS) is 15.4. The molecule has 0 aliphatic carbocycles. The average Bonchev–Trinajstić information content (AvgIpc) is 3.12. The molecule has 3 aromatic carbocycles. The lowest BCUT2D eigenvalue weighted by Gasteiger charge is -2.25. The topological polar surface area (TPSA) is 93.7 Å². The van der Waals surface area contributed by atoms with Gasteiger partial charge in [-0.2, -0.15) is 13.2 Å². The maximum atomic E-state index is 13.7. The zero-order valence-electron chi connectivity index (χ0n) is 18.9. The number of rotatable bonds is 3. The number of benzene rings is 3. The highest BCUT2D eigenvalue weighted by Gasteiger charge is 2.44. The number of nitro groups is 1. The van der Waals surface area contributed by atoms with Crippen LogP contribution in [0.4, 0.5) is 24.5 Å². The van der Waals surface area contributed by atoms with Crippen molar-refractivity contribution in [2.75, 3.05) is 4.90 Å². The molecule has 0 unspecified atom stereocenters. The van der Waals surface area contributed by atoms with E-state index in [0.717, 1.165) is 34.2 Å². The molecular formula is C26H17F3N2O5. The van der Waals surface area contributed by atoms with Crippen LogP contribution >= 0.6 is 0 Å². The van der Waals surface area contributed by atoms with Crippen LogP contribution in [0.1, 0.15) is 44.4 Å². The van der Waals surface area contributed by atoms with Gasteiger partial charge in [-0.3, -0.25) is 24.6 Å². The predicted octanol–water partition coefficient (Wildman–Crippen LogP) is 6.09. The fourth-order valence-electron chi connectivity index (χ4n) is 4.45. The van der Waals surface area contributed by atoms with Crippen LogP contribution in [0, 0.1) is 24.0 Å². The van der Waals surface area contributed by atoms with Crippen molar-refractivity contribution in [3.8, 4) is 0 Å². The van der Waals surface area contributed by atoms with Crippen molar-refractivity contribution < 1.29 is 27.3 Å². The van der Waals surface area contributed by atoms with Gasteiger partial charge in [-0.25, -0.2) is 0 Å². The monoisotopic (exact) mass is 494 g/mol. The Bertz CT molecular complexity index is 1640.